The molecule has 0 spiro atoms. The van der Waals surface area contributed by atoms with Gasteiger partial charge < -0.3 is 10.0 Å². The van der Waals surface area contributed by atoms with Crippen LogP contribution in [0.4, 0.5) is 13.2 Å². The summed E-state index contributed by atoms with van der Waals surface area (Å²) < 4.78 is 36.1. The molecule has 1 aromatic rings. The highest BCUT2D eigenvalue weighted by molar-refractivity contribution is 5.95. The molecular weight excluding hydrogens is 263 g/mol. The molecule has 104 valence electrons. The van der Waals surface area contributed by atoms with E-state index in [-0.39, 0.29) is 11.1 Å². The normalized spacial score (nSPS) is 11.2. The molecule has 0 bridgehead atoms. The topological polar surface area (TPSA) is 57.6 Å². The van der Waals surface area contributed by atoms with Gasteiger partial charge in [0.05, 0.1) is 12.0 Å². The third kappa shape index (κ3) is 4.61. The largest absolute Gasteiger partial charge is 0.478 e. The zero-order valence-corrected chi connectivity index (χ0v) is 10.1. The zero-order chi connectivity index (χ0) is 14.6. The Hall–Kier alpha value is -2.05. The Bertz CT molecular complexity index is 468. The number of hydrogen-bond acceptors (Lipinski definition) is 2. The van der Waals surface area contributed by atoms with Gasteiger partial charge in [-0.3, -0.25) is 4.79 Å². The van der Waals surface area contributed by atoms with E-state index in [1.165, 1.54) is 31.3 Å². The fraction of sp³-hybridized carbons (Fsp3) is 0.333. The number of alkyl halides is 3. The predicted molar refractivity (Wildman–Crippen MR) is 61.0 cm³/mol. The monoisotopic (exact) mass is 275 g/mol. The van der Waals surface area contributed by atoms with Gasteiger partial charge in [0, 0.05) is 19.2 Å². The number of benzene rings is 1. The average molecular weight is 275 g/mol. The van der Waals surface area contributed by atoms with Crippen molar-refractivity contribution < 1.29 is 27.9 Å². The van der Waals surface area contributed by atoms with Crippen molar-refractivity contribution in [2.24, 2.45) is 0 Å². The lowest BCUT2D eigenvalue weighted by Gasteiger charge is -2.18. The molecule has 19 heavy (non-hydrogen) atoms. The van der Waals surface area contributed by atoms with Gasteiger partial charge in [-0.05, 0) is 24.3 Å². The summed E-state index contributed by atoms with van der Waals surface area (Å²) in [6, 6.07) is 5.01. The van der Waals surface area contributed by atoms with Crippen LogP contribution in [0.1, 0.15) is 27.1 Å². The van der Waals surface area contributed by atoms with Crippen LogP contribution in [0.3, 0.4) is 0 Å². The molecule has 0 atom stereocenters. The molecule has 0 aliphatic heterocycles. The van der Waals surface area contributed by atoms with Crippen molar-refractivity contribution in [2.75, 3.05) is 13.6 Å². The van der Waals surface area contributed by atoms with Crippen molar-refractivity contribution >= 4 is 11.9 Å². The first-order valence-corrected chi connectivity index (χ1v) is 5.36. The van der Waals surface area contributed by atoms with E-state index >= 15 is 0 Å². The van der Waals surface area contributed by atoms with Gasteiger partial charge in [0.25, 0.3) is 5.91 Å². The molecule has 0 fully saturated rings. The lowest BCUT2D eigenvalue weighted by atomic mass is 10.1. The second-order valence-corrected chi connectivity index (χ2v) is 3.97. The summed E-state index contributed by atoms with van der Waals surface area (Å²) in [5.74, 6) is -1.72. The molecule has 1 aromatic carbocycles. The molecule has 1 N–H and O–H groups in total. The Morgan fingerprint density at radius 3 is 2.05 bits per heavy atom. The van der Waals surface area contributed by atoms with Crippen molar-refractivity contribution in [1.29, 1.82) is 0 Å². The Morgan fingerprint density at radius 1 is 1.16 bits per heavy atom. The number of amides is 1. The summed E-state index contributed by atoms with van der Waals surface area (Å²) in [6.07, 6.45) is -5.40. The maximum Gasteiger partial charge on any atom is 0.390 e. The quantitative estimate of drug-likeness (QED) is 0.918. The summed E-state index contributed by atoms with van der Waals surface area (Å²) >= 11 is 0. The summed E-state index contributed by atoms with van der Waals surface area (Å²) in [5.41, 5.74) is 0.157. The molecule has 0 radical (unpaired) electrons. The minimum absolute atomic E-state index is 0.00879. The van der Waals surface area contributed by atoms with Crippen LogP contribution in [0.2, 0.25) is 0 Å². The number of carbonyl (C=O) groups is 2. The summed E-state index contributed by atoms with van der Waals surface area (Å²) in [4.78, 5) is 23.3. The van der Waals surface area contributed by atoms with Gasteiger partial charge in [0.1, 0.15) is 0 Å². The van der Waals surface area contributed by atoms with Crippen LogP contribution in [0.15, 0.2) is 24.3 Å². The number of halogens is 3. The molecular formula is C12H12F3NO3. The summed E-state index contributed by atoms with van der Waals surface area (Å²) in [5, 5.41) is 8.68. The summed E-state index contributed by atoms with van der Waals surface area (Å²) in [7, 11) is 1.26. The molecule has 0 saturated carbocycles. The Kier molecular flexibility index (Phi) is 4.52. The van der Waals surface area contributed by atoms with E-state index in [1.54, 1.807) is 0 Å². The number of carbonyl (C=O) groups excluding carboxylic acids is 1. The number of carboxylic acids is 1. The van der Waals surface area contributed by atoms with Crippen LogP contribution in [0.5, 0.6) is 0 Å². The fourth-order valence-electron chi connectivity index (χ4n) is 1.37. The molecule has 0 aliphatic rings. The van der Waals surface area contributed by atoms with Crippen LogP contribution in [-0.2, 0) is 0 Å². The molecule has 0 heterocycles. The number of hydrogen-bond donors (Lipinski definition) is 1. The molecule has 1 amide bonds. The van der Waals surface area contributed by atoms with E-state index in [1.807, 2.05) is 0 Å². The second kappa shape index (κ2) is 5.73. The number of carboxylic acid groups (broad SMARTS) is 1. The maximum absolute atomic E-state index is 12.0. The van der Waals surface area contributed by atoms with Crippen LogP contribution in [-0.4, -0.2) is 41.7 Å². The van der Waals surface area contributed by atoms with Gasteiger partial charge >= 0.3 is 12.1 Å². The lowest BCUT2D eigenvalue weighted by molar-refractivity contribution is -0.136. The molecule has 1 rings (SSSR count). The molecule has 0 aliphatic carbocycles. The van der Waals surface area contributed by atoms with Crippen molar-refractivity contribution in [3.05, 3.63) is 35.4 Å². The van der Waals surface area contributed by atoms with Crippen molar-refractivity contribution in [2.45, 2.75) is 12.6 Å². The maximum atomic E-state index is 12.0. The number of rotatable bonds is 4. The lowest BCUT2D eigenvalue weighted by Crippen LogP contribution is -2.30. The molecule has 0 saturated heterocycles. The van der Waals surface area contributed by atoms with Crippen molar-refractivity contribution in [3.8, 4) is 0 Å². The van der Waals surface area contributed by atoms with Gasteiger partial charge in [-0.25, -0.2) is 4.79 Å². The van der Waals surface area contributed by atoms with Crippen LogP contribution in [0, 0.1) is 0 Å². The Balaban J connectivity index is 2.69. The SMILES string of the molecule is CN(CCC(F)(F)F)C(=O)c1ccc(C(=O)O)cc1. The zero-order valence-electron chi connectivity index (χ0n) is 10.1. The minimum Gasteiger partial charge on any atom is -0.478 e. The average Bonchev–Trinajstić information content (AvgIpc) is 2.34. The van der Waals surface area contributed by atoms with E-state index in [2.05, 4.69) is 0 Å². The first-order valence-electron chi connectivity index (χ1n) is 5.36. The van der Waals surface area contributed by atoms with E-state index < -0.39 is 31.0 Å². The Morgan fingerprint density at radius 2 is 1.63 bits per heavy atom. The molecule has 4 nitrogen and oxygen atoms in total. The highest BCUT2D eigenvalue weighted by Crippen LogP contribution is 2.20. The first kappa shape index (κ1) is 15.0. The highest BCUT2D eigenvalue weighted by atomic mass is 19.4. The van der Waals surface area contributed by atoms with Gasteiger partial charge in [0.2, 0.25) is 0 Å². The van der Waals surface area contributed by atoms with Gasteiger partial charge in [0.15, 0.2) is 0 Å². The predicted octanol–water partition coefficient (Wildman–Crippen LogP) is 2.41. The third-order valence-electron chi connectivity index (χ3n) is 2.46. The van der Waals surface area contributed by atoms with Crippen LogP contribution >= 0.6 is 0 Å². The third-order valence-corrected chi connectivity index (χ3v) is 2.46. The van der Waals surface area contributed by atoms with E-state index in [0.717, 1.165) is 4.90 Å². The second-order valence-electron chi connectivity index (χ2n) is 3.97. The van der Waals surface area contributed by atoms with E-state index in [4.69, 9.17) is 5.11 Å². The van der Waals surface area contributed by atoms with Crippen molar-refractivity contribution in [1.82, 2.24) is 4.90 Å². The Labute approximate surface area is 107 Å². The molecule has 7 heteroatoms. The smallest absolute Gasteiger partial charge is 0.390 e. The first-order chi connectivity index (χ1) is 8.70. The van der Waals surface area contributed by atoms with Crippen LogP contribution in [0.25, 0.3) is 0 Å². The highest BCUT2D eigenvalue weighted by Gasteiger charge is 2.28. The number of nitrogens with zero attached hydrogens (tertiary/aromatic N) is 1. The molecule has 0 aromatic heterocycles. The van der Waals surface area contributed by atoms with E-state index in [0.29, 0.717) is 0 Å². The summed E-state index contributed by atoms with van der Waals surface area (Å²) in [6.45, 7) is -0.441. The standard InChI is InChI=1S/C12H12F3NO3/c1-16(7-6-12(13,14)15)10(17)8-2-4-9(5-3-8)11(18)19/h2-5H,6-7H2,1H3,(H,18,19). The van der Waals surface area contributed by atoms with Gasteiger partial charge in [-0.1, -0.05) is 0 Å². The van der Waals surface area contributed by atoms with Gasteiger partial charge in [-0.2, -0.15) is 13.2 Å². The minimum atomic E-state index is -4.32. The van der Waals surface area contributed by atoms with Crippen LogP contribution < -0.4 is 0 Å². The molecule has 0 unspecified atom stereocenters. The van der Waals surface area contributed by atoms with Gasteiger partial charge in [-0.15, -0.1) is 0 Å². The number of aromatic carboxylic acids is 1. The fourth-order valence-corrected chi connectivity index (χ4v) is 1.37. The van der Waals surface area contributed by atoms with E-state index in [9.17, 15) is 22.8 Å². The van der Waals surface area contributed by atoms with Crippen molar-refractivity contribution in [3.63, 3.8) is 0 Å².